The molecule has 0 saturated carbocycles. The summed E-state index contributed by atoms with van der Waals surface area (Å²) in [5.74, 6) is -0.497. The van der Waals surface area contributed by atoms with Crippen molar-refractivity contribution in [1.82, 2.24) is 9.88 Å². The lowest BCUT2D eigenvalue weighted by Gasteiger charge is -2.45. The molecule has 124 valence electrons. The molecule has 1 aliphatic carbocycles. The molecule has 1 N–H and O–H groups in total. The summed E-state index contributed by atoms with van der Waals surface area (Å²) < 4.78 is 0. The number of rotatable bonds is 4. The minimum absolute atomic E-state index is 0.191. The number of hydrogen-bond donors (Lipinski definition) is 1. The Bertz CT molecular complexity index is 637. The van der Waals surface area contributed by atoms with Crippen LogP contribution in [0.3, 0.4) is 0 Å². The van der Waals surface area contributed by atoms with Gasteiger partial charge in [-0.2, -0.15) is 0 Å². The second kappa shape index (κ2) is 6.57. The molecule has 1 fully saturated rings. The van der Waals surface area contributed by atoms with Crippen molar-refractivity contribution >= 4 is 17.3 Å². The van der Waals surface area contributed by atoms with Crippen molar-refractivity contribution in [1.29, 1.82) is 0 Å². The molecule has 3 unspecified atom stereocenters. The molecular formula is C18H24N2O2S. The first-order chi connectivity index (χ1) is 11.0. The Morgan fingerprint density at radius 2 is 2.30 bits per heavy atom. The van der Waals surface area contributed by atoms with Crippen LogP contribution in [0.1, 0.15) is 47.3 Å². The van der Waals surface area contributed by atoms with Crippen LogP contribution < -0.4 is 0 Å². The zero-order chi connectivity index (χ0) is 16.4. The minimum atomic E-state index is -0.887. The van der Waals surface area contributed by atoms with Gasteiger partial charge in [-0.25, -0.2) is 9.78 Å². The highest BCUT2D eigenvalue weighted by molar-refractivity contribution is 7.13. The lowest BCUT2D eigenvalue weighted by Crippen LogP contribution is -2.48. The number of allylic oxidation sites excluding steroid dienone is 4. The van der Waals surface area contributed by atoms with E-state index in [2.05, 4.69) is 48.2 Å². The van der Waals surface area contributed by atoms with Gasteiger partial charge in [-0.1, -0.05) is 37.6 Å². The average molecular weight is 332 g/mol. The lowest BCUT2D eigenvalue weighted by molar-refractivity contribution is 0.0702. The summed E-state index contributed by atoms with van der Waals surface area (Å²) in [6, 6.07) is 0.511. The molecule has 0 spiro atoms. The normalized spacial score (nSPS) is 29.6. The molecule has 5 heteroatoms. The molecule has 0 radical (unpaired) electrons. The highest BCUT2D eigenvalue weighted by Gasteiger charge is 2.43. The SMILES string of the molecule is CC(C1CCCCN1C)C1(c2ncc(C(=O)O)s2)C=CC=CC1. The third-order valence-corrected chi connectivity index (χ3v) is 6.61. The lowest BCUT2D eigenvalue weighted by atomic mass is 9.67. The van der Waals surface area contributed by atoms with Crippen LogP contribution in [-0.2, 0) is 5.41 Å². The number of aromatic carboxylic acids is 1. The third-order valence-electron chi connectivity index (χ3n) is 5.43. The van der Waals surface area contributed by atoms with E-state index in [4.69, 9.17) is 0 Å². The number of carbonyl (C=O) groups is 1. The maximum Gasteiger partial charge on any atom is 0.347 e. The van der Waals surface area contributed by atoms with Crippen molar-refractivity contribution in [2.45, 2.75) is 44.1 Å². The van der Waals surface area contributed by atoms with Crippen LogP contribution in [0.5, 0.6) is 0 Å². The molecule has 0 bridgehead atoms. The van der Waals surface area contributed by atoms with Crippen LogP contribution in [0.15, 0.2) is 30.5 Å². The van der Waals surface area contributed by atoms with Gasteiger partial charge in [0, 0.05) is 11.5 Å². The molecule has 0 aromatic carbocycles. The zero-order valence-corrected chi connectivity index (χ0v) is 14.6. The Morgan fingerprint density at radius 1 is 1.48 bits per heavy atom. The number of piperidine rings is 1. The van der Waals surface area contributed by atoms with E-state index < -0.39 is 5.97 Å². The first kappa shape index (κ1) is 16.4. The Hall–Kier alpha value is -1.46. The van der Waals surface area contributed by atoms with Gasteiger partial charge in [-0.05, 0) is 38.8 Å². The number of aromatic nitrogens is 1. The van der Waals surface area contributed by atoms with Gasteiger partial charge in [0.25, 0.3) is 0 Å². The van der Waals surface area contributed by atoms with Gasteiger partial charge in [0.05, 0.1) is 6.20 Å². The van der Waals surface area contributed by atoms with Crippen molar-refractivity contribution in [2.75, 3.05) is 13.6 Å². The second-order valence-electron chi connectivity index (χ2n) is 6.70. The molecular weight excluding hydrogens is 308 g/mol. The zero-order valence-electron chi connectivity index (χ0n) is 13.7. The van der Waals surface area contributed by atoms with E-state index in [1.807, 2.05) is 0 Å². The molecule has 2 heterocycles. The average Bonchev–Trinajstić information content (AvgIpc) is 3.06. The van der Waals surface area contributed by atoms with Crippen molar-refractivity contribution in [2.24, 2.45) is 5.92 Å². The van der Waals surface area contributed by atoms with E-state index in [1.165, 1.54) is 36.8 Å². The summed E-state index contributed by atoms with van der Waals surface area (Å²) in [4.78, 5) is 18.6. The fourth-order valence-corrected chi connectivity index (χ4v) is 5.03. The number of likely N-dealkylation sites (tertiary alicyclic amines) is 1. The Balaban J connectivity index is 1.97. The predicted octanol–water partition coefficient (Wildman–Crippen LogP) is 3.72. The molecule has 1 aromatic heterocycles. The maximum atomic E-state index is 11.3. The van der Waals surface area contributed by atoms with Gasteiger partial charge >= 0.3 is 5.97 Å². The van der Waals surface area contributed by atoms with Crippen molar-refractivity contribution in [3.05, 3.63) is 40.4 Å². The molecule has 23 heavy (non-hydrogen) atoms. The van der Waals surface area contributed by atoms with Gasteiger partial charge < -0.3 is 10.0 Å². The number of nitrogens with zero attached hydrogens (tertiary/aromatic N) is 2. The topological polar surface area (TPSA) is 53.4 Å². The largest absolute Gasteiger partial charge is 0.477 e. The molecule has 3 rings (SSSR count). The number of carboxylic acid groups (broad SMARTS) is 1. The minimum Gasteiger partial charge on any atom is -0.477 e. The van der Waals surface area contributed by atoms with Crippen LogP contribution >= 0.6 is 11.3 Å². The smallest absolute Gasteiger partial charge is 0.347 e. The quantitative estimate of drug-likeness (QED) is 0.913. The van der Waals surface area contributed by atoms with Crippen molar-refractivity contribution < 1.29 is 9.90 Å². The molecule has 4 nitrogen and oxygen atoms in total. The van der Waals surface area contributed by atoms with E-state index in [0.29, 0.717) is 16.8 Å². The van der Waals surface area contributed by atoms with Crippen molar-refractivity contribution in [3.63, 3.8) is 0 Å². The molecule has 3 atom stereocenters. The Kier molecular flexibility index (Phi) is 4.69. The fraction of sp³-hybridized carbons (Fsp3) is 0.556. The Morgan fingerprint density at radius 3 is 2.91 bits per heavy atom. The van der Waals surface area contributed by atoms with E-state index in [-0.39, 0.29) is 5.41 Å². The van der Waals surface area contributed by atoms with E-state index in [0.717, 1.165) is 18.0 Å². The molecule has 1 aromatic rings. The number of thiazole rings is 1. The van der Waals surface area contributed by atoms with Gasteiger partial charge in [0.1, 0.15) is 9.88 Å². The van der Waals surface area contributed by atoms with Crippen LogP contribution in [0.4, 0.5) is 0 Å². The van der Waals surface area contributed by atoms with Crippen LogP contribution in [0.2, 0.25) is 0 Å². The predicted molar refractivity (Wildman–Crippen MR) is 93.1 cm³/mol. The maximum absolute atomic E-state index is 11.3. The standard InChI is InChI=1S/C18H24N2O2S/c1-13(14-8-4-7-11-20(14)2)18(9-5-3-6-10-18)17-19-12-15(23-17)16(21)22/h3,5-6,9,12-14H,4,7-8,10-11H2,1-2H3,(H,21,22). The van der Waals surface area contributed by atoms with Gasteiger partial charge in [-0.3, -0.25) is 0 Å². The first-order valence-electron chi connectivity index (χ1n) is 8.29. The molecule has 1 aliphatic heterocycles. The molecule has 1 saturated heterocycles. The first-order valence-corrected chi connectivity index (χ1v) is 9.10. The summed E-state index contributed by atoms with van der Waals surface area (Å²) in [7, 11) is 2.21. The summed E-state index contributed by atoms with van der Waals surface area (Å²) in [6.45, 7) is 3.45. The van der Waals surface area contributed by atoms with Crippen LogP contribution in [0.25, 0.3) is 0 Å². The van der Waals surface area contributed by atoms with Crippen LogP contribution in [-0.4, -0.2) is 40.6 Å². The summed E-state index contributed by atoms with van der Waals surface area (Å²) in [6.07, 6.45) is 14.7. The van der Waals surface area contributed by atoms with E-state index >= 15 is 0 Å². The van der Waals surface area contributed by atoms with Crippen LogP contribution in [0, 0.1) is 5.92 Å². The monoisotopic (exact) mass is 332 g/mol. The van der Waals surface area contributed by atoms with Gasteiger partial charge in [0.2, 0.25) is 0 Å². The van der Waals surface area contributed by atoms with E-state index in [9.17, 15) is 9.90 Å². The second-order valence-corrected chi connectivity index (χ2v) is 7.73. The fourth-order valence-electron chi connectivity index (χ4n) is 3.99. The van der Waals surface area contributed by atoms with E-state index in [1.54, 1.807) is 0 Å². The summed E-state index contributed by atoms with van der Waals surface area (Å²) >= 11 is 1.33. The molecule has 2 aliphatic rings. The van der Waals surface area contributed by atoms with Gasteiger partial charge in [0.15, 0.2) is 0 Å². The highest BCUT2D eigenvalue weighted by atomic mass is 32.1. The Labute approximate surface area is 141 Å². The van der Waals surface area contributed by atoms with Gasteiger partial charge in [-0.15, -0.1) is 11.3 Å². The third kappa shape index (κ3) is 3.00. The van der Waals surface area contributed by atoms with Crippen molar-refractivity contribution in [3.8, 4) is 0 Å². The summed E-state index contributed by atoms with van der Waals surface area (Å²) in [5, 5.41) is 10.2. The highest BCUT2D eigenvalue weighted by Crippen LogP contribution is 2.45. The summed E-state index contributed by atoms with van der Waals surface area (Å²) in [5.41, 5.74) is -0.191. The number of hydrogen-bond acceptors (Lipinski definition) is 4. The molecule has 0 amide bonds. The number of carboxylic acids is 1.